The van der Waals surface area contributed by atoms with Crippen molar-refractivity contribution in [3.8, 4) is 0 Å². The Morgan fingerprint density at radius 2 is 2.16 bits per heavy atom. The number of likely N-dealkylation sites (N-methyl/N-ethyl adjacent to an activating group) is 1. The summed E-state index contributed by atoms with van der Waals surface area (Å²) in [6, 6.07) is 3.26. The van der Waals surface area contributed by atoms with Gasteiger partial charge in [0.1, 0.15) is 4.21 Å². The monoisotopic (exact) mass is 369 g/mol. The molecule has 0 fully saturated rings. The summed E-state index contributed by atoms with van der Waals surface area (Å²) in [5.74, 6) is -0.360. The number of nitrogens with one attached hydrogen (secondary N) is 3. The van der Waals surface area contributed by atoms with Crippen LogP contribution in [-0.4, -0.2) is 40.5 Å². The summed E-state index contributed by atoms with van der Waals surface area (Å²) in [7, 11) is -1.83. The number of halogens is 1. The SMILES string of the molecule is CNC(C)CNC(=O)CNS(=O)(=O)c1ccc(Br)s1. The predicted molar refractivity (Wildman–Crippen MR) is 78.7 cm³/mol. The quantitative estimate of drug-likeness (QED) is 0.653. The zero-order valence-corrected chi connectivity index (χ0v) is 13.8. The van der Waals surface area contributed by atoms with Gasteiger partial charge in [-0.25, -0.2) is 13.1 Å². The third kappa shape index (κ3) is 5.57. The minimum Gasteiger partial charge on any atom is -0.353 e. The van der Waals surface area contributed by atoms with Crippen LogP contribution in [0.4, 0.5) is 0 Å². The molecule has 1 heterocycles. The molecule has 0 aliphatic rings. The zero-order chi connectivity index (χ0) is 14.5. The Morgan fingerprint density at radius 3 is 2.68 bits per heavy atom. The molecule has 0 saturated carbocycles. The fourth-order valence-corrected chi connectivity index (χ4v) is 4.14. The highest BCUT2D eigenvalue weighted by atomic mass is 79.9. The molecule has 0 bridgehead atoms. The summed E-state index contributed by atoms with van der Waals surface area (Å²) >= 11 is 4.29. The van der Waals surface area contributed by atoms with Crippen LogP contribution in [-0.2, 0) is 14.8 Å². The van der Waals surface area contributed by atoms with Gasteiger partial charge in [-0.1, -0.05) is 0 Å². The number of thiophene rings is 1. The Bertz CT molecular complexity index is 530. The predicted octanol–water partition coefficient (Wildman–Crippen LogP) is 0.513. The van der Waals surface area contributed by atoms with Crippen LogP contribution < -0.4 is 15.4 Å². The second-order valence-corrected chi connectivity index (χ2v) is 8.33. The van der Waals surface area contributed by atoms with Crippen molar-refractivity contribution in [1.82, 2.24) is 15.4 Å². The molecule has 1 rings (SSSR count). The largest absolute Gasteiger partial charge is 0.353 e. The Labute approximate surface area is 125 Å². The Kier molecular flexibility index (Phi) is 6.40. The van der Waals surface area contributed by atoms with E-state index in [9.17, 15) is 13.2 Å². The van der Waals surface area contributed by atoms with Gasteiger partial charge >= 0.3 is 0 Å². The van der Waals surface area contributed by atoms with E-state index in [1.165, 1.54) is 6.07 Å². The third-order valence-corrected chi connectivity index (χ3v) is 5.85. The van der Waals surface area contributed by atoms with Gasteiger partial charge in [0.2, 0.25) is 5.91 Å². The van der Waals surface area contributed by atoms with Gasteiger partial charge in [0.05, 0.1) is 10.3 Å². The maximum absolute atomic E-state index is 11.8. The lowest BCUT2D eigenvalue weighted by Crippen LogP contribution is -2.42. The molecule has 1 aromatic heterocycles. The number of rotatable bonds is 7. The van der Waals surface area contributed by atoms with Gasteiger partial charge < -0.3 is 10.6 Å². The van der Waals surface area contributed by atoms with E-state index in [4.69, 9.17) is 0 Å². The van der Waals surface area contributed by atoms with Crippen molar-refractivity contribution >= 4 is 43.2 Å². The van der Waals surface area contributed by atoms with E-state index in [1.54, 1.807) is 13.1 Å². The number of sulfonamides is 1. The molecule has 6 nitrogen and oxygen atoms in total. The molecule has 0 radical (unpaired) electrons. The number of hydrogen-bond acceptors (Lipinski definition) is 5. The van der Waals surface area contributed by atoms with Crippen molar-refractivity contribution < 1.29 is 13.2 Å². The normalized spacial score (nSPS) is 13.2. The van der Waals surface area contributed by atoms with Crippen molar-refractivity contribution in [3.63, 3.8) is 0 Å². The average Bonchev–Trinajstić information content (AvgIpc) is 2.81. The van der Waals surface area contributed by atoms with Gasteiger partial charge in [0.25, 0.3) is 10.0 Å². The fourth-order valence-electron chi connectivity index (χ4n) is 1.11. The van der Waals surface area contributed by atoms with E-state index in [0.29, 0.717) is 6.54 Å². The van der Waals surface area contributed by atoms with Gasteiger partial charge in [-0.2, -0.15) is 0 Å². The van der Waals surface area contributed by atoms with Crippen molar-refractivity contribution in [2.45, 2.75) is 17.2 Å². The minimum atomic E-state index is -3.62. The van der Waals surface area contributed by atoms with Gasteiger partial charge in [-0.15, -0.1) is 11.3 Å². The van der Waals surface area contributed by atoms with Crippen LogP contribution in [0.1, 0.15) is 6.92 Å². The summed E-state index contributed by atoms with van der Waals surface area (Å²) < 4.78 is 26.8. The first-order valence-corrected chi connectivity index (χ1v) is 8.63. The number of carbonyl (C=O) groups excluding carboxylic acids is 1. The van der Waals surface area contributed by atoms with Crippen LogP contribution in [0.2, 0.25) is 0 Å². The second kappa shape index (κ2) is 7.34. The molecule has 0 aliphatic carbocycles. The summed E-state index contributed by atoms with van der Waals surface area (Å²) in [4.78, 5) is 11.5. The highest BCUT2D eigenvalue weighted by Gasteiger charge is 2.17. The van der Waals surface area contributed by atoms with Crippen LogP contribution in [0.15, 0.2) is 20.1 Å². The van der Waals surface area contributed by atoms with Crippen molar-refractivity contribution in [3.05, 3.63) is 15.9 Å². The maximum atomic E-state index is 11.8. The van der Waals surface area contributed by atoms with Gasteiger partial charge in [-0.05, 0) is 42.0 Å². The molecular formula is C10H16BrN3O3S2. The molecule has 19 heavy (non-hydrogen) atoms. The van der Waals surface area contributed by atoms with E-state index in [2.05, 4.69) is 31.3 Å². The van der Waals surface area contributed by atoms with Crippen LogP contribution in [0.5, 0.6) is 0 Å². The molecule has 1 atom stereocenters. The summed E-state index contributed by atoms with van der Waals surface area (Å²) in [5.41, 5.74) is 0. The highest BCUT2D eigenvalue weighted by Crippen LogP contribution is 2.25. The van der Waals surface area contributed by atoms with E-state index in [-0.39, 0.29) is 22.7 Å². The Hall–Kier alpha value is -0.480. The molecular weight excluding hydrogens is 354 g/mol. The average molecular weight is 370 g/mol. The van der Waals surface area contributed by atoms with E-state index in [1.807, 2.05) is 6.92 Å². The summed E-state index contributed by atoms with van der Waals surface area (Å²) in [6.45, 7) is 2.09. The first-order valence-electron chi connectivity index (χ1n) is 5.54. The standard InChI is InChI=1S/C10H16BrN3O3S2/c1-7(12-2)5-13-9(15)6-14-19(16,17)10-4-3-8(11)18-10/h3-4,7,12,14H,5-6H2,1-2H3,(H,13,15). The van der Waals surface area contributed by atoms with Gasteiger partial charge in [0, 0.05) is 12.6 Å². The highest BCUT2D eigenvalue weighted by molar-refractivity contribution is 9.11. The van der Waals surface area contributed by atoms with Crippen LogP contribution in [0.25, 0.3) is 0 Å². The molecule has 0 aliphatic heterocycles. The lowest BCUT2D eigenvalue weighted by molar-refractivity contribution is -0.120. The van der Waals surface area contributed by atoms with Crippen molar-refractivity contribution in [2.75, 3.05) is 20.1 Å². The summed E-state index contributed by atoms with van der Waals surface area (Å²) in [6.07, 6.45) is 0. The topological polar surface area (TPSA) is 87.3 Å². The zero-order valence-electron chi connectivity index (χ0n) is 10.6. The molecule has 0 aromatic carbocycles. The van der Waals surface area contributed by atoms with Crippen LogP contribution in [0.3, 0.4) is 0 Å². The van der Waals surface area contributed by atoms with E-state index in [0.717, 1.165) is 15.1 Å². The Balaban J connectivity index is 2.45. The van der Waals surface area contributed by atoms with Gasteiger partial charge in [-0.3, -0.25) is 4.79 Å². The molecule has 0 saturated heterocycles. The number of carbonyl (C=O) groups is 1. The second-order valence-electron chi connectivity index (χ2n) is 3.88. The lowest BCUT2D eigenvalue weighted by atomic mass is 10.3. The molecule has 1 aromatic rings. The smallest absolute Gasteiger partial charge is 0.250 e. The Morgan fingerprint density at radius 1 is 1.47 bits per heavy atom. The van der Waals surface area contributed by atoms with E-state index < -0.39 is 10.0 Å². The molecule has 108 valence electrons. The number of hydrogen-bond donors (Lipinski definition) is 3. The number of amides is 1. The first-order chi connectivity index (χ1) is 8.85. The van der Waals surface area contributed by atoms with E-state index >= 15 is 0 Å². The minimum absolute atomic E-state index is 0.133. The molecule has 0 spiro atoms. The molecule has 1 unspecified atom stereocenters. The van der Waals surface area contributed by atoms with Crippen LogP contribution >= 0.6 is 27.3 Å². The maximum Gasteiger partial charge on any atom is 0.250 e. The van der Waals surface area contributed by atoms with Gasteiger partial charge in [0.15, 0.2) is 0 Å². The van der Waals surface area contributed by atoms with Crippen molar-refractivity contribution in [1.29, 1.82) is 0 Å². The van der Waals surface area contributed by atoms with Crippen LogP contribution in [0, 0.1) is 0 Å². The molecule has 3 N–H and O–H groups in total. The third-order valence-electron chi connectivity index (χ3n) is 2.33. The lowest BCUT2D eigenvalue weighted by Gasteiger charge is -2.11. The molecule has 1 amide bonds. The van der Waals surface area contributed by atoms with Crippen molar-refractivity contribution in [2.24, 2.45) is 0 Å². The summed E-state index contributed by atoms with van der Waals surface area (Å²) in [5, 5.41) is 5.59. The molecule has 9 heteroatoms. The first kappa shape index (κ1) is 16.6. The fraction of sp³-hybridized carbons (Fsp3) is 0.500.